The van der Waals surface area contributed by atoms with Crippen LogP contribution < -0.4 is 5.32 Å². The first kappa shape index (κ1) is 19.8. The molecule has 1 amide bonds. The summed E-state index contributed by atoms with van der Waals surface area (Å²) in [5.74, 6) is 0.172. The van der Waals surface area contributed by atoms with Crippen LogP contribution in [0.4, 0.5) is 4.39 Å². The third-order valence-corrected chi connectivity index (χ3v) is 6.36. The number of rotatable bonds is 2. The van der Waals surface area contributed by atoms with Crippen molar-refractivity contribution in [3.05, 3.63) is 71.3 Å². The van der Waals surface area contributed by atoms with Crippen LogP contribution in [0.2, 0.25) is 0 Å². The Hall–Kier alpha value is -3.85. The fraction of sp³-hybridized carbons (Fsp3) is 0.250. The molecule has 2 aromatic heterocycles. The Balaban J connectivity index is 1.54. The van der Waals surface area contributed by atoms with E-state index in [-0.39, 0.29) is 29.6 Å². The molecule has 0 radical (unpaired) electrons. The number of hydrogen-bond acceptors (Lipinski definition) is 6. The number of aromatic hydroxyl groups is 1. The third-order valence-electron chi connectivity index (χ3n) is 6.36. The van der Waals surface area contributed by atoms with Crippen LogP contribution in [0, 0.1) is 5.82 Å². The van der Waals surface area contributed by atoms with Crippen molar-refractivity contribution in [2.45, 2.75) is 38.0 Å². The lowest BCUT2D eigenvalue weighted by atomic mass is 9.97. The molecule has 6 rings (SSSR count). The van der Waals surface area contributed by atoms with Gasteiger partial charge in [-0.25, -0.2) is 19.3 Å². The first-order chi connectivity index (χ1) is 15.7. The molecule has 4 aromatic rings. The lowest BCUT2D eigenvalue weighted by Crippen LogP contribution is -2.27. The minimum atomic E-state index is -1.21. The van der Waals surface area contributed by atoms with Gasteiger partial charge in [-0.2, -0.15) is 0 Å². The maximum atomic E-state index is 15.1. The van der Waals surface area contributed by atoms with Gasteiger partial charge < -0.3 is 20.1 Å². The van der Waals surface area contributed by atoms with Crippen LogP contribution in [0.15, 0.2) is 42.7 Å². The van der Waals surface area contributed by atoms with Crippen molar-refractivity contribution in [3.8, 4) is 16.9 Å². The Kier molecular flexibility index (Phi) is 3.95. The van der Waals surface area contributed by atoms with E-state index in [9.17, 15) is 15.0 Å². The molecule has 0 unspecified atom stereocenters. The number of aromatic nitrogens is 4. The normalized spacial score (nSPS) is 19.2. The Morgan fingerprint density at radius 1 is 1.18 bits per heavy atom. The Labute approximate surface area is 187 Å². The highest BCUT2D eigenvalue weighted by atomic mass is 19.1. The van der Waals surface area contributed by atoms with Crippen LogP contribution in [-0.2, 0) is 5.60 Å². The third kappa shape index (κ3) is 2.85. The second kappa shape index (κ2) is 6.58. The number of phenols is 1. The van der Waals surface area contributed by atoms with Crippen LogP contribution in [-0.4, -0.2) is 35.6 Å². The number of aliphatic hydroxyl groups is 1. The number of imidazole rings is 1. The van der Waals surface area contributed by atoms with Gasteiger partial charge in [0.1, 0.15) is 23.0 Å². The van der Waals surface area contributed by atoms with E-state index in [1.807, 2.05) is 4.57 Å². The molecule has 0 saturated heterocycles. The number of benzene rings is 2. The maximum absolute atomic E-state index is 15.1. The number of fused-ring (bicyclic) bond motifs is 9. The molecule has 0 fully saturated rings. The molecular weight excluding hydrogens is 425 g/mol. The van der Waals surface area contributed by atoms with Crippen molar-refractivity contribution in [1.29, 1.82) is 0 Å². The van der Waals surface area contributed by atoms with E-state index in [1.54, 1.807) is 38.1 Å². The van der Waals surface area contributed by atoms with E-state index < -0.39 is 11.4 Å². The fourth-order valence-corrected chi connectivity index (χ4v) is 4.85. The van der Waals surface area contributed by atoms with Crippen molar-refractivity contribution >= 4 is 16.9 Å². The molecule has 166 valence electrons. The predicted molar refractivity (Wildman–Crippen MR) is 117 cm³/mol. The van der Waals surface area contributed by atoms with Crippen molar-refractivity contribution in [1.82, 2.24) is 24.8 Å². The van der Waals surface area contributed by atoms with Crippen molar-refractivity contribution in [3.63, 3.8) is 0 Å². The van der Waals surface area contributed by atoms with E-state index >= 15 is 4.39 Å². The zero-order chi connectivity index (χ0) is 23.1. The summed E-state index contributed by atoms with van der Waals surface area (Å²) in [6, 6.07) is 7.29. The highest BCUT2D eigenvalue weighted by molar-refractivity contribution is 5.98. The van der Waals surface area contributed by atoms with Gasteiger partial charge in [0.15, 0.2) is 5.82 Å². The quantitative estimate of drug-likeness (QED) is 0.436. The standard InChI is InChI=1S/C24H20FN5O3/c1-24(2,33)23-26-9-11(10-27-23)13-6-17-15(7-14(13)25)28-21-16-8-18(30(17)21)20-12(22(32)29-16)4-3-5-19(20)31/h3-7,9-10,16,18,31,33H,8H2,1-2H3,(H,29,32)/t16-,18-/m0/s1. The first-order valence-corrected chi connectivity index (χ1v) is 10.6. The number of carbonyl (C=O) groups excluding carboxylic acids is 1. The monoisotopic (exact) mass is 445 g/mol. The number of amides is 1. The van der Waals surface area contributed by atoms with E-state index in [0.717, 1.165) is 0 Å². The summed E-state index contributed by atoms with van der Waals surface area (Å²) in [6.07, 6.45) is 3.51. The smallest absolute Gasteiger partial charge is 0.252 e. The first-order valence-electron chi connectivity index (χ1n) is 10.6. The maximum Gasteiger partial charge on any atom is 0.252 e. The summed E-state index contributed by atoms with van der Waals surface area (Å²) in [7, 11) is 0. The molecule has 4 heterocycles. The van der Waals surface area contributed by atoms with E-state index in [1.165, 1.54) is 18.5 Å². The average molecular weight is 445 g/mol. The molecule has 8 nitrogen and oxygen atoms in total. The van der Waals surface area contributed by atoms with Gasteiger partial charge in [-0.1, -0.05) is 6.07 Å². The average Bonchev–Trinajstić information content (AvgIpc) is 3.24. The molecular formula is C24H20FN5O3. The number of nitrogens with zero attached hydrogens (tertiary/aromatic N) is 4. The van der Waals surface area contributed by atoms with Gasteiger partial charge in [0.2, 0.25) is 0 Å². The fourth-order valence-electron chi connectivity index (χ4n) is 4.85. The number of carbonyl (C=O) groups is 1. The summed E-state index contributed by atoms with van der Waals surface area (Å²) >= 11 is 0. The van der Waals surface area contributed by atoms with Crippen molar-refractivity contribution < 1.29 is 19.4 Å². The molecule has 33 heavy (non-hydrogen) atoms. The van der Waals surface area contributed by atoms with Gasteiger partial charge in [-0.3, -0.25) is 4.79 Å². The number of phenolic OH excluding ortho intramolecular Hbond substituents is 1. The Morgan fingerprint density at radius 3 is 2.67 bits per heavy atom. The molecule has 9 heteroatoms. The topological polar surface area (TPSA) is 113 Å². The summed E-state index contributed by atoms with van der Waals surface area (Å²) in [5.41, 5.74) is 1.67. The number of hydrogen-bond donors (Lipinski definition) is 3. The minimum absolute atomic E-state index is 0.0425. The van der Waals surface area contributed by atoms with Crippen LogP contribution in [0.3, 0.4) is 0 Å². The van der Waals surface area contributed by atoms with Crippen LogP contribution >= 0.6 is 0 Å². The van der Waals surface area contributed by atoms with Gasteiger partial charge in [0.25, 0.3) is 5.91 Å². The molecule has 3 N–H and O–H groups in total. The largest absolute Gasteiger partial charge is 0.508 e. The summed E-state index contributed by atoms with van der Waals surface area (Å²) in [6.45, 7) is 3.16. The van der Waals surface area contributed by atoms with Crippen LogP contribution in [0.5, 0.6) is 5.75 Å². The lowest BCUT2D eigenvalue weighted by Gasteiger charge is -2.19. The van der Waals surface area contributed by atoms with Gasteiger partial charge in [0.05, 0.1) is 23.1 Å². The van der Waals surface area contributed by atoms with Crippen LogP contribution in [0.1, 0.15) is 59.9 Å². The summed E-state index contributed by atoms with van der Waals surface area (Å²) in [5, 5.41) is 23.7. The zero-order valence-corrected chi connectivity index (χ0v) is 17.9. The van der Waals surface area contributed by atoms with Crippen molar-refractivity contribution in [2.75, 3.05) is 0 Å². The molecule has 2 aliphatic heterocycles. The van der Waals surface area contributed by atoms with Gasteiger partial charge in [0, 0.05) is 40.7 Å². The second-order valence-corrected chi connectivity index (χ2v) is 9.03. The molecule has 0 aliphatic carbocycles. The molecule has 2 aromatic carbocycles. The van der Waals surface area contributed by atoms with Gasteiger partial charge in [-0.05, 0) is 38.5 Å². The Bertz CT molecular complexity index is 1460. The lowest BCUT2D eigenvalue weighted by molar-refractivity contribution is 0.0687. The molecule has 0 spiro atoms. The number of nitrogens with one attached hydrogen (secondary N) is 1. The predicted octanol–water partition coefficient (Wildman–Crippen LogP) is 3.34. The number of halogens is 1. The molecule has 2 aliphatic rings. The highest BCUT2D eigenvalue weighted by Crippen LogP contribution is 2.47. The minimum Gasteiger partial charge on any atom is -0.508 e. The van der Waals surface area contributed by atoms with E-state index in [4.69, 9.17) is 0 Å². The highest BCUT2D eigenvalue weighted by Gasteiger charge is 2.42. The second-order valence-electron chi connectivity index (χ2n) is 9.03. The van der Waals surface area contributed by atoms with E-state index in [0.29, 0.717) is 45.5 Å². The molecule has 2 bridgehead atoms. The zero-order valence-electron chi connectivity index (χ0n) is 17.9. The molecule has 2 atom stereocenters. The van der Waals surface area contributed by atoms with Gasteiger partial charge >= 0.3 is 0 Å². The van der Waals surface area contributed by atoms with Gasteiger partial charge in [-0.15, -0.1) is 0 Å². The van der Waals surface area contributed by atoms with Crippen LogP contribution in [0.25, 0.3) is 22.2 Å². The van der Waals surface area contributed by atoms with Crippen molar-refractivity contribution in [2.24, 2.45) is 0 Å². The van der Waals surface area contributed by atoms with E-state index in [2.05, 4.69) is 20.3 Å². The Morgan fingerprint density at radius 2 is 1.94 bits per heavy atom. The SMILES string of the molecule is CC(C)(O)c1ncc(-c2cc3c(cc2F)nc2n3[C@H]3C[C@@H]2NC(=O)c2cccc(O)c23)cn1. The summed E-state index contributed by atoms with van der Waals surface area (Å²) in [4.78, 5) is 25.7. The summed E-state index contributed by atoms with van der Waals surface area (Å²) < 4.78 is 17.0. The molecule has 0 saturated carbocycles.